The van der Waals surface area contributed by atoms with Gasteiger partial charge in [-0.1, -0.05) is 91.0 Å². The Hall–Kier alpha value is -8.04. The summed E-state index contributed by atoms with van der Waals surface area (Å²) in [5, 5.41) is 13.5. The molecule has 1 heterocycles. The second kappa shape index (κ2) is 27.6. The lowest BCUT2D eigenvalue weighted by Gasteiger charge is -2.31. The molecule has 1 fully saturated rings. The van der Waals surface area contributed by atoms with E-state index in [4.69, 9.17) is 34.4 Å². The maximum atomic E-state index is 14.6. The van der Waals surface area contributed by atoms with Crippen LogP contribution in [0.4, 0.5) is 0 Å². The van der Waals surface area contributed by atoms with Gasteiger partial charge in [0.1, 0.15) is 36.3 Å². The van der Waals surface area contributed by atoms with Gasteiger partial charge in [-0.3, -0.25) is 48.3 Å². The Balaban J connectivity index is 1.60. The van der Waals surface area contributed by atoms with Gasteiger partial charge in [-0.15, -0.1) is 0 Å². The summed E-state index contributed by atoms with van der Waals surface area (Å²) in [6.07, 6.45) is 0.477. The van der Waals surface area contributed by atoms with Gasteiger partial charge in [-0.05, 0) is 55.2 Å². The number of aliphatic imine (C=N–C) groups is 2. The Kier molecular flexibility index (Phi) is 21.4. The van der Waals surface area contributed by atoms with E-state index in [-0.39, 0.29) is 82.9 Å². The number of amides is 8. The summed E-state index contributed by atoms with van der Waals surface area (Å²) in [5.74, 6) is -6.29. The predicted molar refractivity (Wildman–Crippen MR) is 258 cm³/mol. The molecule has 69 heavy (non-hydrogen) atoms. The maximum absolute atomic E-state index is 14.6. The molecule has 3 aromatic rings. The molecule has 1 aliphatic rings. The van der Waals surface area contributed by atoms with Crippen LogP contribution in [0.25, 0.3) is 0 Å². The third-order valence-corrected chi connectivity index (χ3v) is 11.1. The Bertz CT molecular complexity index is 2280. The van der Waals surface area contributed by atoms with Crippen molar-refractivity contribution >= 4 is 59.2 Å². The molecule has 0 bridgehead atoms. The van der Waals surface area contributed by atoms with Crippen LogP contribution < -0.4 is 61.0 Å². The van der Waals surface area contributed by atoms with Gasteiger partial charge in [0.05, 0.1) is 12.8 Å². The number of nitrogens with one attached hydrogen (secondary N) is 5. The summed E-state index contributed by atoms with van der Waals surface area (Å²) in [6.45, 7) is 0.285. The van der Waals surface area contributed by atoms with E-state index in [1.165, 1.54) is 4.90 Å². The highest BCUT2D eigenvalue weighted by Crippen LogP contribution is 2.21. The van der Waals surface area contributed by atoms with E-state index in [2.05, 4.69) is 36.6 Å². The molecule has 1 saturated heterocycles. The molecule has 1 aliphatic heterocycles. The standard InChI is InChI=1S/C47H64N14O8/c48-38(62)28-34(40(49)64)59-41(65)32(19-10-22-54-46(50)51)57-44(68)37-21-12-24-61(37)45(69)33(20-11-23-55-47(52)53)58-43(67)36(26-30-15-6-2-7-16-30)60-42(66)35(25-29-13-4-1-5-14-29)56-39(63)27-31-17-8-3-9-18-31/h1-9,13-18,32-37H,10-12,19-28H2,(H2,48,62)(H2,49,64)(H,56,63)(H,57,68)(H,58,67)(H,59,65)(H,60,66)(H4,50,51,54)(H4,52,53,55)/t32-,33-,34-,35-,36-,37-/m0/s1. The monoisotopic (exact) mass is 953 g/mol. The number of guanidine groups is 2. The first-order valence-electron chi connectivity index (χ1n) is 22.6. The molecule has 22 nitrogen and oxygen atoms in total. The second-order valence-electron chi connectivity index (χ2n) is 16.6. The second-order valence-corrected chi connectivity index (χ2v) is 16.6. The van der Waals surface area contributed by atoms with Gasteiger partial charge in [-0.25, -0.2) is 0 Å². The Morgan fingerprint density at radius 1 is 0.551 bits per heavy atom. The van der Waals surface area contributed by atoms with Crippen LogP contribution in [0.2, 0.25) is 0 Å². The number of carbonyl (C=O) groups excluding carboxylic acids is 8. The predicted octanol–water partition coefficient (Wildman–Crippen LogP) is -2.40. The van der Waals surface area contributed by atoms with Crippen molar-refractivity contribution in [2.45, 2.75) is 100 Å². The first-order chi connectivity index (χ1) is 33.0. The Morgan fingerprint density at radius 3 is 1.49 bits per heavy atom. The van der Waals surface area contributed by atoms with Crippen molar-refractivity contribution in [2.75, 3.05) is 19.6 Å². The highest BCUT2D eigenvalue weighted by molar-refractivity contribution is 5.98. The topological polar surface area (TPSA) is 381 Å². The molecular weight excluding hydrogens is 889 g/mol. The fourth-order valence-corrected chi connectivity index (χ4v) is 7.69. The van der Waals surface area contributed by atoms with Crippen molar-refractivity contribution in [2.24, 2.45) is 44.4 Å². The third kappa shape index (κ3) is 18.6. The first-order valence-corrected chi connectivity index (χ1v) is 22.6. The molecule has 0 saturated carbocycles. The molecule has 22 heteroatoms. The average molecular weight is 953 g/mol. The van der Waals surface area contributed by atoms with E-state index in [0.717, 1.165) is 11.1 Å². The SMILES string of the molecule is NC(=O)C[C@H](NC(=O)[C@H](CCCN=C(N)N)NC(=O)[C@@H]1CCCN1C(=O)[C@H](CCCN=C(N)N)NC(=O)[C@H](Cc1ccccc1)NC(=O)[C@H](Cc1ccccc1)NC(=O)Cc1ccccc1)C(N)=O. The minimum Gasteiger partial charge on any atom is -0.370 e. The number of carbonyl (C=O) groups is 8. The first kappa shape index (κ1) is 53.6. The summed E-state index contributed by atoms with van der Waals surface area (Å²) >= 11 is 0. The number of nitrogens with two attached hydrogens (primary N) is 6. The molecule has 370 valence electrons. The van der Waals surface area contributed by atoms with Crippen molar-refractivity contribution < 1.29 is 38.4 Å². The number of hydrogen-bond acceptors (Lipinski definition) is 10. The van der Waals surface area contributed by atoms with Crippen molar-refractivity contribution in [3.05, 3.63) is 108 Å². The molecular formula is C47H64N14O8. The highest BCUT2D eigenvalue weighted by atomic mass is 16.2. The van der Waals surface area contributed by atoms with Gasteiger partial charge in [0.25, 0.3) is 0 Å². The molecule has 4 rings (SSSR count). The number of primary amides is 2. The van der Waals surface area contributed by atoms with Crippen molar-refractivity contribution in [3.8, 4) is 0 Å². The van der Waals surface area contributed by atoms with Crippen LogP contribution in [0.15, 0.2) is 101 Å². The number of hydrogen-bond donors (Lipinski definition) is 11. The summed E-state index contributed by atoms with van der Waals surface area (Å²) < 4.78 is 0. The average Bonchev–Trinajstić information content (AvgIpc) is 3.81. The number of benzene rings is 3. The van der Waals surface area contributed by atoms with Gasteiger partial charge >= 0.3 is 0 Å². The smallest absolute Gasteiger partial charge is 0.245 e. The maximum Gasteiger partial charge on any atom is 0.245 e. The van der Waals surface area contributed by atoms with Crippen LogP contribution in [-0.4, -0.2) is 120 Å². The lowest BCUT2D eigenvalue weighted by molar-refractivity contribution is -0.142. The van der Waals surface area contributed by atoms with Crippen LogP contribution in [0, 0.1) is 0 Å². The normalized spacial score (nSPS) is 15.1. The molecule has 0 aliphatic carbocycles. The summed E-state index contributed by atoms with van der Waals surface area (Å²) in [6, 6.07) is 19.5. The van der Waals surface area contributed by atoms with Gasteiger partial charge < -0.3 is 65.9 Å². The molecule has 0 unspecified atom stereocenters. The molecule has 0 aromatic heterocycles. The van der Waals surface area contributed by atoms with Gasteiger partial charge in [-0.2, -0.15) is 0 Å². The zero-order chi connectivity index (χ0) is 50.3. The van der Waals surface area contributed by atoms with Crippen molar-refractivity contribution in [1.82, 2.24) is 31.5 Å². The summed E-state index contributed by atoms with van der Waals surface area (Å²) in [4.78, 5) is 117. The molecule has 8 amide bonds. The largest absolute Gasteiger partial charge is 0.370 e. The fraction of sp³-hybridized carbons (Fsp3) is 0.404. The van der Waals surface area contributed by atoms with Crippen molar-refractivity contribution in [3.63, 3.8) is 0 Å². The minimum absolute atomic E-state index is 0.000770. The number of nitrogens with zero attached hydrogens (tertiary/aromatic N) is 3. The quantitative estimate of drug-likeness (QED) is 0.0217. The summed E-state index contributed by atoms with van der Waals surface area (Å²) in [7, 11) is 0. The summed E-state index contributed by atoms with van der Waals surface area (Å²) in [5.41, 5.74) is 34.8. The number of rotatable bonds is 27. The third-order valence-electron chi connectivity index (χ3n) is 11.1. The van der Waals surface area contributed by atoms with Crippen LogP contribution >= 0.6 is 0 Å². The Labute approximate surface area is 400 Å². The minimum atomic E-state index is -1.47. The van der Waals surface area contributed by atoms with E-state index in [1.807, 2.05) is 36.4 Å². The highest BCUT2D eigenvalue weighted by Gasteiger charge is 2.40. The van der Waals surface area contributed by atoms with Gasteiger partial charge in [0.15, 0.2) is 11.9 Å². The lowest BCUT2D eigenvalue weighted by Crippen LogP contribution is -2.60. The van der Waals surface area contributed by atoms with E-state index < -0.39 is 89.9 Å². The van der Waals surface area contributed by atoms with Crippen LogP contribution in [0.1, 0.15) is 61.6 Å². The molecule has 0 spiro atoms. The molecule has 17 N–H and O–H groups in total. The molecule has 0 radical (unpaired) electrons. The zero-order valence-corrected chi connectivity index (χ0v) is 38.4. The van der Waals surface area contributed by atoms with Crippen LogP contribution in [0.3, 0.4) is 0 Å². The van der Waals surface area contributed by atoms with E-state index >= 15 is 0 Å². The van der Waals surface area contributed by atoms with Crippen LogP contribution in [0.5, 0.6) is 0 Å². The lowest BCUT2D eigenvalue weighted by atomic mass is 10.0. The van der Waals surface area contributed by atoms with Gasteiger partial charge in [0, 0.05) is 32.5 Å². The van der Waals surface area contributed by atoms with E-state index in [1.54, 1.807) is 54.6 Å². The Morgan fingerprint density at radius 2 is 1.00 bits per heavy atom. The van der Waals surface area contributed by atoms with E-state index in [0.29, 0.717) is 12.0 Å². The fourth-order valence-electron chi connectivity index (χ4n) is 7.69. The molecule has 3 aromatic carbocycles. The van der Waals surface area contributed by atoms with Crippen LogP contribution in [-0.2, 0) is 57.6 Å². The van der Waals surface area contributed by atoms with E-state index in [9.17, 15) is 38.4 Å². The molecule has 6 atom stereocenters. The van der Waals surface area contributed by atoms with Gasteiger partial charge in [0.2, 0.25) is 47.3 Å². The number of likely N-dealkylation sites (tertiary alicyclic amines) is 1. The van der Waals surface area contributed by atoms with Crippen molar-refractivity contribution in [1.29, 1.82) is 0 Å². The zero-order valence-electron chi connectivity index (χ0n) is 38.4.